The van der Waals surface area contributed by atoms with Crippen LogP contribution in [0, 0.1) is 0 Å². The van der Waals surface area contributed by atoms with Crippen LogP contribution in [0.4, 0.5) is 4.79 Å². The van der Waals surface area contributed by atoms with Gasteiger partial charge in [0.25, 0.3) is 0 Å². The van der Waals surface area contributed by atoms with Crippen LogP contribution >= 0.6 is 0 Å². The number of aryl methyl sites for hydroxylation is 2. The quantitative estimate of drug-likeness (QED) is 0.0820. The van der Waals surface area contributed by atoms with Gasteiger partial charge >= 0.3 is 6.16 Å². The third kappa shape index (κ3) is 6.75. The highest BCUT2D eigenvalue weighted by Gasteiger charge is 2.21. The van der Waals surface area contributed by atoms with Crippen LogP contribution in [0.5, 0.6) is 11.5 Å². The van der Waals surface area contributed by atoms with Crippen molar-refractivity contribution in [3.05, 3.63) is 157 Å². The fraction of sp³-hybridized carbons (Fsp3) is 0.163. The summed E-state index contributed by atoms with van der Waals surface area (Å²) >= 11 is 0. The highest BCUT2D eigenvalue weighted by Crippen LogP contribution is 2.42. The predicted molar refractivity (Wildman–Crippen MR) is 218 cm³/mol. The first-order valence-corrected chi connectivity index (χ1v) is 18.6. The van der Waals surface area contributed by atoms with Crippen LogP contribution in [-0.4, -0.2) is 6.16 Å². The molecule has 256 valence electrons. The van der Waals surface area contributed by atoms with Crippen molar-refractivity contribution in [1.29, 1.82) is 0 Å². The maximum Gasteiger partial charge on any atom is 0.519 e. The molecular weight excluding hydrogens is 637 g/mol. The van der Waals surface area contributed by atoms with E-state index in [0.717, 1.165) is 104 Å². The summed E-state index contributed by atoms with van der Waals surface area (Å²) in [6.07, 6.45) is 5.91. The molecule has 0 saturated carbocycles. The van der Waals surface area contributed by atoms with Gasteiger partial charge in [-0.1, -0.05) is 136 Å². The number of benzene rings is 8. The van der Waals surface area contributed by atoms with Crippen molar-refractivity contribution in [1.82, 2.24) is 0 Å². The fourth-order valence-electron chi connectivity index (χ4n) is 7.30. The molecule has 3 heteroatoms. The molecule has 8 aromatic rings. The van der Waals surface area contributed by atoms with Gasteiger partial charge in [0, 0.05) is 21.9 Å². The molecule has 3 nitrogen and oxygen atoms in total. The number of rotatable bonds is 10. The minimum atomic E-state index is -0.775. The van der Waals surface area contributed by atoms with Crippen molar-refractivity contribution < 1.29 is 14.3 Å². The lowest BCUT2D eigenvalue weighted by Crippen LogP contribution is -2.15. The molecule has 0 unspecified atom stereocenters. The summed E-state index contributed by atoms with van der Waals surface area (Å²) in [5.41, 5.74) is 6.25. The van der Waals surface area contributed by atoms with E-state index in [1.807, 2.05) is 24.3 Å². The average molecular weight is 679 g/mol. The second-order valence-corrected chi connectivity index (χ2v) is 13.8. The topological polar surface area (TPSA) is 35.5 Å². The number of hydrogen-bond acceptors (Lipinski definition) is 3. The first-order valence-electron chi connectivity index (χ1n) is 18.6. The summed E-state index contributed by atoms with van der Waals surface area (Å²) < 4.78 is 12.8. The fourth-order valence-corrected chi connectivity index (χ4v) is 7.30. The Morgan fingerprint density at radius 2 is 0.827 bits per heavy atom. The van der Waals surface area contributed by atoms with Gasteiger partial charge < -0.3 is 9.47 Å². The van der Waals surface area contributed by atoms with Gasteiger partial charge in [-0.25, -0.2) is 4.79 Å². The first kappa shape index (κ1) is 33.2. The second-order valence-electron chi connectivity index (χ2n) is 13.8. The summed E-state index contributed by atoms with van der Waals surface area (Å²) in [6.45, 7) is 4.42. The second kappa shape index (κ2) is 14.7. The van der Waals surface area contributed by atoms with E-state index in [4.69, 9.17) is 9.47 Å². The number of carbonyl (C=O) groups is 1. The Labute approximate surface area is 305 Å². The molecule has 0 aliphatic heterocycles. The molecule has 0 aliphatic carbocycles. The smallest absolute Gasteiger partial charge is 0.393 e. The van der Waals surface area contributed by atoms with Crippen molar-refractivity contribution in [2.75, 3.05) is 0 Å². The van der Waals surface area contributed by atoms with Crippen LogP contribution in [-0.2, 0) is 12.8 Å². The lowest BCUT2D eigenvalue weighted by Gasteiger charge is -2.17. The van der Waals surface area contributed by atoms with Gasteiger partial charge in [-0.2, -0.15) is 0 Å². The zero-order chi connectivity index (χ0) is 35.4. The van der Waals surface area contributed by atoms with E-state index in [0.29, 0.717) is 11.5 Å². The van der Waals surface area contributed by atoms with Gasteiger partial charge in [0.1, 0.15) is 11.5 Å². The van der Waals surface area contributed by atoms with Crippen molar-refractivity contribution in [3.8, 4) is 33.8 Å². The Kier molecular flexibility index (Phi) is 9.42. The van der Waals surface area contributed by atoms with Crippen molar-refractivity contribution in [2.45, 2.75) is 52.4 Å². The van der Waals surface area contributed by atoms with Gasteiger partial charge in [-0.15, -0.1) is 0 Å². The lowest BCUT2D eigenvalue weighted by atomic mass is 9.96. The Morgan fingerprint density at radius 1 is 0.442 bits per heavy atom. The summed E-state index contributed by atoms with van der Waals surface area (Å²) in [5, 5.41) is 8.10. The third-order valence-electron chi connectivity index (χ3n) is 10.2. The van der Waals surface area contributed by atoms with Crippen LogP contribution in [0.3, 0.4) is 0 Å². The van der Waals surface area contributed by atoms with E-state index in [-0.39, 0.29) is 0 Å². The van der Waals surface area contributed by atoms with Crippen LogP contribution in [0.1, 0.15) is 50.7 Å². The highest BCUT2D eigenvalue weighted by molar-refractivity contribution is 6.06. The summed E-state index contributed by atoms with van der Waals surface area (Å²) in [5.74, 6) is 0.976. The first-order chi connectivity index (χ1) is 25.6. The number of ether oxygens (including phenoxy) is 2. The number of carbonyl (C=O) groups excluding carboxylic acids is 1. The zero-order valence-electron chi connectivity index (χ0n) is 29.8. The van der Waals surface area contributed by atoms with Gasteiger partial charge in [0.15, 0.2) is 0 Å². The Morgan fingerprint density at radius 3 is 1.21 bits per heavy atom. The van der Waals surface area contributed by atoms with Gasteiger partial charge in [-0.3, -0.25) is 0 Å². The van der Waals surface area contributed by atoms with E-state index < -0.39 is 6.16 Å². The molecule has 0 atom stereocenters. The average Bonchev–Trinajstić information content (AvgIpc) is 3.18. The molecular formula is C49H42O3. The summed E-state index contributed by atoms with van der Waals surface area (Å²) in [6, 6.07) is 50.6. The van der Waals surface area contributed by atoms with E-state index in [9.17, 15) is 4.79 Å². The molecule has 0 amide bonds. The van der Waals surface area contributed by atoms with Crippen molar-refractivity contribution in [3.63, 3.8) is 0 Å². The predicted octanol–water partition coefficient (Wildman–Crippen LogP) is 13.9. The summed E-state index contributed by atoms with van der Waals surface area (Å²) in [7, 11) is 0. The molecule has 8 aromatic carbocycles. The Balaban J connectivity index is 1.23. The standard InChI is InChI=1S/C49H42O3/c1-3-5-11-33-17-21-35(22-18-33)43-27-25-41-29-37-13-7-9-15-39(37)31-45(41)47(43)51-49(50)52-48-44(36-23-19-34(20-24-36)12-6-4-2)28-26-42-30-38-14-8-10-16-40(38)32-46(42)48/h7-10,13-32H,3-6,11-12H2,1-2H3. The minimum Gasteiger partial charge on any atom is -0.393 e. The van der Waals surface area contributed by atoms with E-state index in [1.54, 1.807) is 0 Å². The maximum atomic E-state index is 14.3. The lowest BCUT2D eigenvalue weighted by molar-refractivity contribution is 0.153. The van der Waals surface area contributed by atoms with Crippen LogP contribution in [0.25, 0.3) is 65.3 Å². The van der Waals surface area contributed by atoms with E-state index >= 15 is 0 Å². The van der Waals surface area contributed by atoms with E-state index in [2.05, 4.69) is 135 Å². The van der Waals surface area contributed by atoms with Gasteiger partial charge in [0.2, 0.25) is 0 Å². The van der Waals surface area contributed by atoms with Crippen molar-refractivity contribution >= 4 is 49.2 Å². The van der Waals surface area contributed by atoms with E-state index in [1.165, 1.54) is 11.1 Å². The molecule has 8 rings (SSSR count). The van der Waals surface area contributed by atoms with Crippen LogP contribution in [0.2, 0.25) is 0 Å². The highest BCUT2D eigenvalue weighted by atomic mass is 16.7. The largest absolute Gasteiger partial charge is 0.519 e. The van der Waals surface area contributed by atoms with Gasteiger partial charge in [0.05, 0.1) is 0 Å². The SMILES string of the molecule is CCCCc1ccc(-c2ccc3cc4ccccc4cc3c2OC(=O)Oc2c(-c3ccc(CCCC)cc3)ccc3cc4ccccc4cc23)cc1. The molecule has 0 radical (unpaired) electrons. The maximum absolute atomic E-state index is 14.3. The molecule has 0 bridgehead atoms. The monoisotopic (exact) mass is 678 g/mol. The molecule has 0 N–H and O–H groups in total. The van der Waals surface area contributed by atoms with Crippen molar-refractivity contribution in [2.24, 2.45) is 0 Å². The number of fused-ring (bicyclic) bond motifs is 4. The molecule has 0 fully saturated rings. The molecule has 0 heterocycles. The molecule has 0 spiro atoms. The van der Waals surface area contributed by atoms with Crippen LogP contribution in [0.15, 0.2) is 146 Å². The Hall–Kier alpha value is -5.93. The molecule has 0 saturated heterocycles. The van der Waals surface area contributed by atoms with Crippen LogP contribution < -0.4 is 9.47 Å². The third-order valence-corrected chi connectivity index (χ3v) is 10.2. The minimum absolute atomic E-state index is 0.488. The summed E-state index contributed by atoms with van der Waals surface area (Å²) in [4.78, 5) is 14.3. The Bertz CT molecular complexity index is 2370. The number of hydrogen-bond donors (Lipinski definition) is 0. The molecule has 0 aromatic heterocycles. The molecule has 0 aliphatic rings. The zero-order valence-corrected chi connectivity index (χ0v) is 29.8. The number of unbranched alkanes of at least 4 members (excludes halogenated alkanes) is 2. The molecule has 52 heavy (non-hydrogen) atoms. The normalized spacial score (nSPS) is 11.4. The van der Waals surface area contributed by atoms with Gasteiger partial charge in [-0.05, 0) is 117 Å².